The number of nitrogens with one attached hydrogen (secondary N) is 3. The summed E-state index contributed by atoms with van der Waals surface area (Å²) >= 11 is 1.44. The molecule has 6 nitrogen and oxygen atoms in total. The molecule has 30 heavy (non-hydrogen) atoms. The Morgan fingerprint density at radius 1 is 0.800 bits per heavy atom. The molecular weight excluding hydrogens is 398 g/mol. The van der Waals surface area contributed by atoms with Gasteiger partial charge in [0.2, 0.25) is 5.91 Å². The van der Waals surface area contributed by atoms with Crippen LogP contribution in [0.3, 0.4) is 0 Å². The lowest BCUT2D eigenvalue weighted by Gasteiger charge is -2.13. The molecule has 0 radical (unpaired) electrons. The minimum absolute atomic E-state index is 0.0994. The highest BCUT2D eigenvalue weighted by Crippen LogP contribution is 2.26. The van der Waals surface area contributed by atoms with Crippen LogP contribution in [0, 0.1) is 0 Å². The summed E-state index contributed by atoms with van der Waals surface area (Å²) in [5.41, 5.74) is 2.08. The standard InChI is InChI=1S/C23H23N3O3S/c1-16(22(27)24-19-9-6-10-20(15-19)29-2)30-21-13-11-18(12-14-21)26-23(28)25-17-7-4-3-5-8-17/h3-16H,1-2H3,(H,24,27)(H2,25,26,28). The number of carbonyl (C=O) groups is 2. The van der Waals surface area contributed by atoms with Crippen molar-refractivity contribution in [3.63, 3.8) is 0 Å². The summed E-state index contributed by atoms with van der Waals surface area (Å²) in [5, 5.41) is 8.15. The smallest absolute Gasteiger partial charge is 0.323 e. The first-order chi connectivity index (χ1) is 14.5. The van der Waals surface area contributed by atoms with Crippen molar-refractivity contribution in [2.45, 2.75) is 17.1 Å². The van der Waals surface area contributed by atoms with E-state index < -0.39 is 0 Å². The molecule has 3 N–H and O–H groups in total. The first-order valence-electron chi connectivity index (χ1n) is 9.38. The number of rotatable bonds is 7. The van der Waals surface area contributed by atoms with Crippen LogP contribution in [-0.4, -0.2) is 24.3 Å². The van der Waals surface area contributed by atoms with Gasteiger partial charge in [-0.2, -0.15) is 0 Å². The van der Waals surface area contributed by atoms with Gasteiger partial charge in [0.05, 0.1) is 12.4 Å². The van der Waals surface area contributed by atoms with Crippen molar-refractivity contribution in [2.75, 3.05) is 23.1 Å². The van der Waals surface area contributed by atoms with Crippen molar-refractivity contribution in [1.29, 1.82) is 0 Å². The molecule has 3 aromatic carbocycles. The minimum Gasteiger partial charge on any atom is -0.497 e. The van der Waals surface area contributed by atoms with Crippen molar-refractivity contribution in [1.82, 2.24) is 0 Å². The first-order valence-corrected chi connectivity index (χ1v) is 10.3. The fraction of sp³-hybridized carbons (Fsp3) is 0.130. The van der Waals surface area contributed by atoms with Gasteiger partial charge in [-0.05, 0) is 55.5 Å². The quantitative estimate of drug-likeness (QED) is 0.443. The second-order valence-electron chi connectivity index (χ2n) is 6.45. The molecule has 154 valence electrons. The Balaban J connectivity index is 1.51. The molecule has 0 bridgehead atoms. The number of anilines is 3. The third kappa shape index (κ3) is 6.28. The average molecular weight is 422 g/mol. The Hall–Kier alpha value is -3.45. The lowest BCUT2D eigenvalue weighted by atomic mass is 10.3. The number of methoxy groups -OCH3 is 1. The second kappa shape index (κ2) is 10.4. The number of hydrogen-bond acceptors (Lipinski definition) is 4. The first kappa shape index (κ1) is 21.3. The normalized spacial score (nSPS) is 11.3. The summed E-state index contributed by atoms with van der Waals surface area (Å²) in [4.78, 5) is 25.5. The van der Waals surface area contributed by atoms with Gasteiger partial charge in [-0.3, -0.25) is 4.79 Å². The molecule has 0 heterocycles. The van der Waals surface area contributed by atoms with Crippen molar-refractivity contribution in [3.8, 4) is 5.75 Å². The van der Waals surface area contributed by atoms with E-state index in [-0.39, 0.29) is 17.2 Å². The summed E-state index contributed by atoms with van der Waals surface area (Å²) in [6, 6.07) is 23.5. The largest absolute Gasteiger partial charge is 0.497 e. The summed E-state index contributed by atoms with van der Waals surface area (Å²) in [6.07, 6.45) is 0. The molecule has 0 spiro atoms. The van der Waals surface area contributed by atoms with Gasteiger partial charge in [-0.15, -0.1) is 11.8 Å². The Labute approximate surface area is 180 Å². The lowest BCUT2D eigenvalue weighted by molar-refractivity contribution is -0.115. The molecule has 0 saturated heterocycles. The number of hydrogen-bond donors (Lipinski definition) is 3. The van der Waals surface area contributed by atoms with Crippen LogP contribution in [0.4, 0.5) is 21.9 Å². The molecule has 0 aliphatic rings. The van der Waals surface area contributed by atoms with Gasteiger partial charge in [0.25, 0.3) is 0 Å². The predicted octanol–water partition coefficient (Wildman–Crippen LogP) is 5.46. The molecule has 1 atom stereocenters. The monoisotopic (exact) mass is 421 g/mol. The molecule has 0 aliphatic heterocycles. The number of para-hydroxylation sites is 1. The van der Waals surface area contributed by atoms with E-state index in [1.807, 2.05) is 67.6 Å². The second-order valence-corrected chi connectivity index (χ2v) is 7.87. The third-order valence-electron chi connectivity index (χ3n) is 4.16. The van der Waals surface area contributed by atoms with E-state index in [4.69, 9.17) is 4.74 Å². The molecule has 0 aromatic heterocycles. The number of benzene rings is 3. The number of thioether (sulfide) groups is 1. The number of amides is 3. The fourth-order valence-electron chi connectivity index (χ4n) is 2.63. The molecule has 1 unspecified atom stereocenters. The maximum absolute atomic E-state index is 12.5. The van der Waals surface area contributed by atoms with E-state index >= 15 is 0 Å². The molecule has 0 saturated carbocycles. The van der Waals surface area contributed by atoms with E-state index in [0.717, 1.165) is 10.6 Å². The fourth-order valence-corrected chi connectivity index (χ4v) is 3.50. The predicted molar refractivity (Wildman–Crippen MR) is 122 cm³/mol. The molecule has 3 aromatic rings. The van der Waals surface area contributed by atoms with E-state index in [1.165, 1.54) is 11.8 Å². The van der Waals surface area contributed by atoms with Crippen LogP contribution < -0.4 is 20.7 Å². The minimum atomic E-state index is -0.312. The Morgan fingerprint density at radius 2 is 1.43 bits per heavy atom. The van der Waals surface area contributed by atoms with E-state index in [2.05, 4.69) is 16.0 Å². The van der Waals surface area contributed by atoms with Crippen LogP contribution in [0.15, 0.2) is 83.8 Å². The third-order valence-corrected chi connectivity index (χ3v) is 5.28. The highest BCUT2D eigenvalue weighted by Gasteiger charge is 2.15. The van der Waals surface area contributed by atoms with Crippen molar-refractivity contribution in [2.24, 2.45) is 0 Å². The van der Waals surface area contributed by atoms with Crippen molar-refractivity contribution in [3.05, 3.63) is 78.9 Å². The maximum Gasteiger partial charge on any atom is 0.323 e. The topological polar surface area (TPSA) is 79.5 Å². The van der Waals surface area contributed by atoms with Gasteiger partial charge in [0.1, 0.15) is 5.75 Å². The van der Waals surface area contributed by atoms with Crippen LogP contribution in [0.2, 0.25) is 0 Å². The van der Waals surface area contributed by atoms with E-state index in [9.17, 15) is 9.59 Å². The van der Waals surface area contributed by atoms with Gasteiger partial charge < -0.3 is 20.7 Å². The zero-order chi connectivity index (χ0) is 21.3. The van der Waals surface area contributed by atoms with Crippen molar-refractivity contribution >= 4 is 40.8 Å². The highest BCUT2D eigenvalue weighted by atomic mass is 32.2. The Morgan fingerprint density at radius 3 is 2.10 bits per heavy atom. The molecular formula is C23H23N3O3S. The van der Waals surface area contributed by atoms with Crippen LogP contribution >= 0.6 is 11.8 Å². The highest BCUT2D eigenvalue weighted by molar-refractivity contribution is 8.00. The lowest BCUT2D eigenvalue weighted by Crippen LogP contribution is -2.22. The SMILES string of the molecule is COc1cccc(NC(=O)C(C)Sc2ccc(NC(=O)Nc3ccccc3)cc2)c1. The molecule has 3 rings (SSSR count). The van der Waals surface area contributed by atoms with Gasteiger partial charge in [0, 0.05) is 28.0 Å². The zero-order valence-electron chi connectivity index (χ0n) is 16.7. The van der Waals surface area contributed by atoms with Crippen LogP contribution in [-0.2, 0) is 4.79 Å². The molecule has 7 heteroatoms. The number of carbonyl (C=O) groups excluding carboxylic acids is 2. The van der Waals surface area contributed by atoms with Gasteiger partial charge in [-0.25, -0.2) is 4.79 Å². The van der Waals surface area contributed by atoms with E-state index in [1.54, 1.807) is 25.3 Å². The van der Waals surface area contributed by atoms with Gasteiger partial charge in [-0.1, -0.05) is 24.3 Å². The van der Waals surface area contributed by atoms with Crippen molar-refractivity contribution < 1.29 is 14.3 Å². The summed E-state index contributed by atoms with van der Waals surface area (Å²) in [7, 11) is 1.59. The maximum atomic E-state index is 12.5. The van der Waals surface area contributed by atoms with Gasteiger partial charge in [0.15, 0.2) is 0 Å². The summed E-state index contributed by atoms with van der Waals surface area (Å²) in [5.74, 6) is 0.588. The zero-order valence-corrected chi connectivity index (χ0v) is 17.5. The van der Waals surface area contributed by atoms with Crippen LogP contribution in [0.1, 0.15) is 6.92 Å². The summed E-state index contributed by atoms with van der Waals surface area (Å²) in [6.45, 7) is 1.85. The summed E-state index contributed by atoms with van der Waals surface area (Å²) < 4.78 is 5.17. The number of urea groups is 1. The Bertz CT molecular complexity index is 994. The van der Waals surface area contributed by atoms with Crippen LogP contribution in [0.5, 0.6) is 5.75 Å². The molecule has 0 aliphatic carbocycles. The molecule has 3 amide bonds. The van der Waals surface area contributed by atoms with Gasteiger partial charge >= 0.3 is 6.03 Å². The Kier molecular flexibility index (Phi) is 7.34. The van der Waals surface area contributed by atoms with E-state index in [0.29, 0.717) is 17.1 Å². The number of ether oxygens (including phenoxy) is 1. The van der Waals surface area contributed by atoms with Crippen LogP contribution in [0.25, 0.3) is 0 Å². The molecule has 0 fully saturated rings. The average Bonchev–Trinajstić information content (AvgIpc) is 2.76.